The van der Waals surface area contributed by atoms with Crippen LogP contribution in [0.1, 0.15) is 12.5 Å². The standard InChI is InChI=1S/C7H8.C4H6O2/c1-7-5-3-2-4-6-7;1-3(2)4(5)6/h2-6H,1H3;1H2,2H3,(H,5,6). The average molecular weight is 178 g/mol. The van der Waals surface area contributed by atoms with Crippen molar-refractivity contribution in [1.29, 1.82) is 0 Å². The van der Waals surface area contributed by atoms with Gasteiger partial charge in [-0.1, -0.05) is 42.5 Å². The fraction of sp³-hybridized carbons (Fsp3) is 0.182. The van der Waals surface area contributed by atoms with Gasteiger partial charge in [-0.05, 0) is 13.8 Å². The summed E-state index contributed by atoms with van der Waals surface area (Å²) in [5.41, 5.74) is 1.50. The number of hydrogen-bond acceptors (Lipinski definition) is 1. The minimum absolute atomic E-state index is 0.176. The van der Waals surface area contributed by atoms with Gasteiger partial charge in [0.15, 0.2) is 0 Å². The Kier molecular flexibility index (Phi) is 5.28. The van der Waals surface area contributed by atoms with Crippen LogP contribution in [0, 0.1) is 6.92 Å². The lowest BCUT2D eigenvalue weighted by molar-refractivity contribution is -0.132. The van der Waals surface area contributed by atoms with E-state index in [9.17, 15) is 4.79 Å². The Bertz CT molecular complexity index is 263. The molecule has 13 heavy (non-hydrogen) atoms. The lowest BCUT2D eigenvalue weighted by Gasteiger charge is -1.82. The quantitative estimate of drug-likeness (QED) is 0.671. The maximum atomic E-state index is 9.60. The second-order valence-corrected chi connectivity index (χ2v) is 2.74. The highest BCUT2D eigenvalue weighted by Crippen LogP contribution is 1.92. The number of carbonyl (C=O) groups is 1. The lowest BCUT2D eigenvalue weighted by atomic mass is 10.2. The van der Waals surface area contributed by atoms with Crippen LogP contribution in [0.4, 0.5) is 0 Å². The molecule has 0 amide bonds. The molecule has 0 spiro atoms. The largest absolute Gasteiger partial charge is 0.478 e. The third-order valence-electron chi connectivity index (χ3n) is 1.31. The van der Waals surface area contributed by atoms with E-state index in [-0.39, 0.29) is 5.57 Å². The first-order valence-corrected chi connectivity index (χ1v) is 3.94. The van der Waals surface area contributed by atoms with Crippen molar-refractivity contribution in [1.82, 2.24) is 0 Å². The second kappa shape index (κ2) is 6.00. The van der Waals surface area contributed by atoms with Crippen LogP contribution in [-0.2, 0) is 4.79 Å². The normalized spacial score (nSPS) is 8.15. The van der Waals surface area contributed by atoms with Gasteiger partial charge in [0, 0.05) is 5.57 Å². The Labute approximate surface area is 78.5 Å². The van der Waals surface area contributed by atoms with E-state index in [1.54, 1.807) is 0 Å². The number of rotatable bonds is 1. The van der Waals surface area contributed by atoms with Crippen molar-refractivity contribution < 1.29 is 9.90 Å². The number of aryl methyl sites for hydroxylation is 1. The Morgan fingerprint density at radius 2 is 1.69 bits per heavy atom. The van der Waals surface area contributed by atoms with E-state index in [4.69, 9.17) is 5.11 Å². The number of aliphatic carboxylic acids is 1. The molecule has 2 heteroatoms. The topological polar surface area (TPSA) is 37.3 Å². The van der Waals surface area contributed by atoms with Crippen LogP contribution in [0.5, 0.6) is 0 Å². The zero-order valence-electron chi connectivity index (χ0n) is 7.95. The molecule has 0 aliphatic rings. The van der Waals surface area contributed by atoms with Crippen molar-refractivity contribution in [3.8, 4) is 0 Å². The van der Waals surface area contributed by atoms with Crippen LogP contribution in [0.15, 0.2) is 42.5 Å². The molecule has 1 aromatic rings. The number of benzene rings is 1. The van der Waals surface area contributed by atoms with Crippen LogP contribution in [0.2, 0.25) is 0 Å². The molecule has 0 saturated carbocycles. The molecule has 0 bridgehead atoms. The fourth-order valence-electron chi connectivity index (χ4n) is 0.534. The van der Waals surface area contributed by atoms with Gasteiger partial charge in [-0.3, -0.25) is 0 Å². The maximum Gasteiger partial charge on any atom is 0.330 e. The number of hydrogen-bond donors (Lipinski definition) is 1. The zero-order chi connectivity index (χ0) is 10.3. The Hall–Kier alpha value is -1.57. The predicted molar refractivity (Wildman–Crippen MR) is 53.6 cm³/mol. The molecule has 0 atom stereocenters. The molecule has 0 aliphatic heterocycles. The molecule has 1 rings (SSSR count). The molecule has 0 saturated heterocycles. The first-order chi connectivity index (χ1) is 6.04. The van der Waals surface area contributed by atoms with Crippen LogP contribution < -0.4 is 0 Å². The monoisotopic (exact) mass is 178 g/mol. The van der Waals surface area contributed by atoms with E-state index in [1.165, 1.54) is 12.5 Å². The summed E-state index contributed by atoms with van der Waals surface area (Å²) >= 11 is 0. The van der Waals surface area contributed by atoms with E-state index >= 15 is 0 Å². The molecule has 0 aliphatic carbocycles. The van der Waals surface area contributed by atoms with E-state index in [2.05, 4.69) is 25.6 Å². The molecule has 1 aromatic carbocycles. The number of carboxylic acid groups (broad SMARTS) is 1. The molecular weight excluding hydrogens is 164 g/mol. The van der Waals surface area contributed by atoms with Gasteiger partial charge in [-0.15, -0.1) is 0 Å². The third-order valence-corrected chi connectivity index (χ3v) is 1.31. The maximum absolute atomic E-state index is 9.60. The summed E-state index contributed by atoms with van der Waals surface area (Å²) in [6.45, 7) is 6.69. The number of carboxylic acids is 1. The summed E-state index contributed by atoms with van der Waals surface area (Å²) in [5, 5.41) is 7.89. The van der Waals surface area contributed by atoms with E-state index in [0.717, 1.165) is 0 Å². The summed E-state index contributed by atoms with van der Waals surface area (Å²) < 4.78 is 0. The first-order valence-electron chi connectivity index (χ1n) is 3.94. The lowest BCUT2D eigenvalue weighted by Crippen LogP contribution is -1.92. The van der Waals surface area contributed by atoms with E-state index in [0.29, 0.717) is 0 Å². The molecule has 0 radical (unpaired) electrons. The molecule has 0 fully saturated rings. The van der Waals surface area contributed by atoms with Gasteiger partial charge in [0.25, 0.3) is 0 Å². The Balaban J connectivity index is 0.000000226. The fourth-order valence-corrected chi connectivity index (χ4v) is 0.534. The predicted octanol–water partition coefficient (Wildman–Crippen LogP) is 2.64. The molecule has 0 aromatic heterocycles. The van der Waals surface area contributed by atoms with Crippen molar-refractivity contribution in [2.24, 2.45) is 0 Å². The van der Waals surface area contributed by atoms with Gasteiger partial charge in [-0.25, -0.2) is 4.79 Å². The Morgan fingerprint density at radius 1 is 1.31 bits per heavy atom. The summed E-state index contributed by atoms with van der Waals surface area (Å²) in [6, 6.07) is 10.3. The summed E-state index contributed by atoms with van der Waals surface area (Å²) in [4.78, 5) is 9.60. The van der Waals surface area contributed by atoms with Crippen molar-refractivity contribution >= 4 is 5.97 Å². The van der Waals surface area contributed by atoms with Crippen molar-refractivity contribution in [2.75, 3.05) is 0 Å². The minimum Gasteiger partial charge on any atom is -0.478 e. The SMILES string of the molecule is C=C(C)C(=O)O.Cc1ccccc1. The van der Waals surface area contributed by atoms with E-state index in [1.807, 2.05) is 18.2 Å². The van der Waals surface area contributed by atoms with Gasteiger partial charge < -0.3 is 5.11 Å². The molecule has 0 unspecified atom stereocenters. The van der Waals surface area contributed by atoms with Gasteiger partial charge in [0.05, 0.1) is 0 Å². The Morgan fingerprint density at radius 3 is 1.85 bits per heavy atom. The van der Waals surface area contributed by atoms with Crippen LogP contribution in [-0.4, -0.2) is 11.1 Å². The highest BCUT2D eigenvalue weighted by atomic mass is 16.4. The molecule has 1 N–H and O–H groups in total. The molecule has 0 heterocycles. The summed E-state index contributed by atoms with van der Waals surface area (Å²) in [5.74, 6) is -0.935. The van der Waals surface area contributed by atoms with Gasteiger partial charge in [0.1, 0.15) is 0 Å². The molecule has 2 nitrogen and oxygen atoms in total. The van der Waals surface area contributed by atoms with Crippen molar-refractivity contribution in [2.45, 2.75) is 13.8 Å². The average Bonchev–Trinajstić information content (AvgIpc) is 2.06. The van der Waals surface area contributed by atoms with Crippen molar-refractivity contribution in [3.05, 3.63) is 48.0 Å². The summed E-state index contributed by atoms with van der Waals surface area (Å²) in [7, 11) is 0. The van der Waals surface area contributed by atoms with Gasteiger partial charge >= 0.3 is 5.97 Å². The van der Waals surface area contributed by atoms with E-state index < -0.39 is 5.97 Å². The molecule has 70 valence electrons. The van der Waals surface area contributed by atoms with Crippen molar-refractivity contribution in [3.63, 3.8) is 0 Å². The smallest absolute Gasteiger partial charge is 0.330 e. The highest BCUT2D eigenvalue weighted by molar-refractivity contribution is 5.84. The second-order valence-electron chi connectivity index (χ2n) is 2.74. The highest BCUT2D eigenvalue weighted by Gasteiger charge is 1.90. The van der Waals surface area contributed by atoms with Crippen LogP contribution in [0.25, 0.3) is 0 Å². The first kappa shape index (κ1) is 11.4. The van der Waals surface area contributed by atoms with Crippen LogP contribution >= 0.6 is 0 Å². The summed E-state index contributed by atoms with van der Waals surface area (Å²) in [6.07, 6.45) is 0. The minimum atomic E-state index is -0.935. The molecular formula is C11H14O2. The van der Waals surface area contributed by atoms with Gasteiger partial charge in [-0.2, -0.15) is 0 Å². The zero-order valence-corrected chi connectivity index (χ0v) is 7.95. The van der Waals surface area contributed by atoms with Gasteiger partial charge in [0.2, 0.25) is 0 Å². The third kappa shape index (κ3) is 6.81. The van der Waals surface area contributed by atoms with Crippen LogP contribution in [0.3, 0.4) is 0 Å².